The zero-order chi connectivity index (χ0) is 22.2. The molecule has 10 heteroatoms. The third kappa shape index (κ3) is 6.14. The SMILES string of the molecule is COc1c(Cl)cc(C(=O)NC[C@@H]2CCN(CCOCCO)C[C@H]2O)c2c1OCCCO2. The van der Waals surface area contributed by atoms with Crippen molar-refractivity contribution in [3.05, 3.63) is 16.7 Å². The average molecular weight is 459 g/mol. The smallest absolute Gasteiger partial charge is 0.255 e. The van der Waals surface area contributed by atoms with Crippen molar-refractivity contribution in [2.75, 3.05) is 66.3 Å². The average Bonchev–Trinajstić information content (AvgIpc) is 3.01. The molecular formula is C21H31ClN2O7. The predicted molar refractivity (Wildman–Crippen MR) is 114 cm³/mol. The molecular weight excluding hydrogens is 428 g/mol. The van der Waals surface area contributed by atoms with Crippen LogP contribution in [0.15, 0.2) is 6.07 Å². The van der Waals surface area contributed by atoms with Gasteiger partial charge in [-0.05, 0) is 19.0 Å². The minimum Gasteiger partial charge on any atom is -0.491 e. The van der Waals surface area contributed by atoms with Crippen molar-refractivity contribution in [3.8, 4) is 17.2 Å². The molecule has 0 saturated carbocycles. The maximum atomic E-state index is 12.9. The quantitative estimate of drug-likeness (QED) is 0.469. The first-order valence-electron chi connectivity index (χ1n) is 10.6. The van der Waals surface area contributed by atoms with E-state index < -0.39 is 6.10 Å². The molecule has 0 aliphatic carbocycles. The second-order valence-electron chi connectivity index (χ2n) is 7.61. The number of hydrogen-bond acceptors (Lipinski definition) is 8. The summed E-state index contributed by atoms with van der Waals surface area (Å²) in [7, 11) is 1.49. The van der Waals surface area contributed by atoms with E-state index in [1.165, 1.54) is 13.2 Å². The molecule has 174 valence electrons. The van der Waals surface area contributed by atoms with Crippen LogP contribution < -0.4 is 19.5 Å². The van der Waals surface area contributed by atoms with Gasteiger partial charge in [-0.25, -0.2) is 0 Å². The number of ether oxygens (including phenoxy) is 4. The summed E-state index contributed by atoms with van der Waals surface area (Å²) in [5.41, 5.74) is 0.288. The predicted octanol–water partition coefficient (Wildman–Crippen LogP) is 0.931. The maximum Gasteiger partial charge on any atom is 0.255 e. The number of likely N-dealkylation sites (tertiary alicyclic amines) is 1. The van der Waals surface area contributed by atoms with Gasteiger partial charge in [0.1, 0.15) is 0 Å². The van der Waals surface area contributed by atoms with E-state index in [0.717, 1.165) is 13.0 Å². The number of methoxy groups -OCH3 is 1. The van der Waals surface area contributed by atoms with Gasteiger partial charge >= 0.3 is 0 Å². The number of benzene rings is 1. The van der Waals surface area contributed by atoms with Crippen LogP contribution in [0.4, 0.5) is 0 Å². The van der Waals surface area contributed by atoms with E-state index in [1.54, 1.807) is 0 Å². The van der Waals surface area contributed by atoms with Crippen LogP contribution in [-0.4, -0.2) is 93.4 Å². The number of amides is 1. The first-order valence-corrected chi connectivity index (χ1v) is 11.0. The highest BCUT2D eigenvalue weighted by Crippen LogP contribution is 2.46. The zero-order valence-corrected chi connectivity index (χ0v) is 18.5. The normalized spacial score (nSPS) is 21.4. The van der Waals surface area contributed by atoms with Gasteiger partial charge in [0.05, 0.1) is 56.8 Å². The van der Waals surface area contributed by atoms with Gasteiger partial charge in [-0.1, -0.05) is 11.6 Å². The lowest BCUT2D eigenvalue weighted by atomic mass is 9.93. The molecule has 0 aromatic heterocycles. The van der Waals surface area contributed by atoms with Crippen LogP contribution in [0, 0.1) is 5.92 Å². The van der Waals surface area contributed by atoms with E-state index in [0.29, 0.717) is 69.7 Å². The van der Waals surface area contributed by atoms with Gasteiger partial charge in [0, 0.05) is 32.0 Å². The van der Waals surface area contributed by atoms with Crippen molar-refractivity contribution in [1.82, 2.24) is 10.2 Å². The fraction of sp³-hybridized carbons (Fsp3) is 0.667. The van der Waals surface area contributed by atoms with E-state index in [9.17, 15) is 9.90 Å². The molecule has 2 atom stereocenters. The Balaban J connectivity index is 1.58. The summed E-state index contributed by atoms with van der Waals surface area (Å²) in [6, 6.07) is 1.52. The van der Waals surface area contributed by atoms with Crippen LogP contribution in [0.3, 0.4) is 0 Å². The summed E-state index contributed by atoms with van der Waals surface area (Å²) < 4.78 is 22.1. The van der Waals surface area contributed by atoms with Crippen molar-refractivity contribution < 1.29 is 34.0 Å². The van der Waals surface area contributed by atoms with Gasteiger partial charge in [0.25, 0.3) is 5.91 Å². The Kier molecular flexibility index (Phi) is 9.03. The third-order valence-corrected chi connectivity index (χ3v) is 5.77. The van der Waals surface area contributed by atoms with Crippen molar-refractivity contribution in [2.24, 2.45) is 5.92 Å². The molecule has 1 aromatic carbocycles. The summed E-state index contributed by atoms with van der Waals surface area (Å²) in [4.78, 5) is 15.0. The lowest BCUT2D eigenvalue weighted by Gasteiger charge is -2.35. The third-order valence-electron chi connectivity index (χ3n) is 5.49. The van der Waals surface area contributed by atoms with Crippen LogP contribution in [0.5, 0.6) is 17.2 Å². The molecule has 2 heterocycles. The van der Waals surface area contributed by atoms with Crippen LogP contribution in [0.25, 0.3) is 0 Å². The summed E-state index contributed by atoms with van der Waals surface area (Å²) in [6.45, 7) is 4.07. The van der Waals surface area contributed by atoms with Gasteiger partial charge in [0.2, 0.25) is 5.75 Å². The van der Waals surface area contributed by atoms with E-state index in [1.807, 2.05) is 0 Å². The van der Waals surface area contributed by atoms with Crippen molar-refractivity contribution in [1.29, 1.82) is 0 Å². The number of nitrogens with zero attached hydrogens (tertiary/aromatic N) is 1. The molecule has 9 nitrogen and oxygen atoms in total. The number of β-amino-alcohol motifs (C(OH)–C–C–N with tert-alkyl or cyclic N) is 1. The Morgan fingerprint density at radius 3 is 2.81 bits per heavy atom. The van der Waals surface area contributed by atoms with Crippen LogP contribution >= 0.6 is 11.6 Å². The summed E-state index contributed by atoms with van der Waals surface area (Å²) in [5, 5.41) is 22.4. The lowest BCUT2D eigenvalue weighted by Crippen LogP contribution is -2.48. The van der Waals surface area contributed by atoms with Crippen molar-refractivity contribution in [3.63, 3.8) is 0 Å². The first kappa shape index (κ1) is 23.9. The number of rotatable bonds is 9. The lowest BCUT2D eigenvalue weighted by molar-refractivity contribution is 0.00568. The molecule has 2 aliphatic heterocycles. The number of fused-ring (bicyclic) bond motifs is 1. The van der Waals surface area contributed by atoms with Gasteiger partial charge in [-0.3, -0.25) is 9.69 Å². The standard InChI is InChI=1S/C21H31ClN2O7/c1-28-19-16(22)11-15(18-20(19)31-8-2-7-30-18)21(27)23-12-14-3-4-24(13-17(14)26)5-9-29-10-6-25/h11,14,17,25-26H,2-10,12-13H2,1H3,(H,23,27)/t14-,17+/m0/s1. The van der Waals surface area contributed by atoms with Crippen LogP contribution in [-0.2, 0) is 4.74 Å². The summed E-state index contributed by atoms with van der Waals surface area (Å²) in [6.07, 6.45) is 0.887. The number of carbonyl (C=O) groups excluding carboxylic acids is 1. The molecule has 1 saturated heterocycles. The Morgan fingerprint density at radius 2 is 2.10 bits per heavy atom. The number of aliphatic hydroxyl groups excluding tert-OH is 2. The van der Waals surface area contributed by atoms with E-state index in [-0.39, 0.29) is 29.0 Å². The molecule has 1 aromatic rings. The topological polar surface area (TPSA) is 110 Å². The Morgan fingerprint density at radius 1 is 1.32 bits per heavy atom. The number of nitrogens with one attached hydrogen (secondary N) is 1. The molecule has 1 amide bonds. The fourth-order valence-corrected chi connectivity index (χ4v) is 4.07. The molecule has 1 fully saturated rings. The van der Waals surface area contributed by atoms with Crippen molar-refractivity contribution >= 4 is 17.5 Å². The van der Waals surface area contributed by atoms with E-state index in [2.05, 4.69) is 10.2 Å². The highest BCUT2D eigenvalue weighted by molar-refractivity contribution is 6.33. The molecule has 3 N–H and O–H groups in total. The monoisotopic (exact) mass is 458 g/mol. The first-order chi connectivity index (χ1) is 15.0. The van der Waals surface area contributed by atoms with Crippen LogP contribution in [0.2, 0.25) is 5.02 Å². The second kappa shape index (κ2) is 11.7. The molecule has 0 radical (unpaired) electrons. The molecule has 2 aliphatic rings. The Hall–Kier alpha value is -1.78. The molecule has 0 spiro atoms. The Labute approximate surface area is 187 Å². The summed E-state index contributed by atoms with van der Waals surface area (Å²) in [5.74, 6) is 0.631. The van der Waals surface area contributed by atoms with Gasteiger partial charge in [-0.2, -0.15) is 0 Å². The maximum absolute atomic E-state index is 12.9. The molecule has 0 bridgehead atoms. The van der Waals surface area contributed by atoms with Crippen LogP contribution in [0.1, 0.15) is 23.2 Å². The minimum absolute atomic E-state index is 0.00414. The van der Waals surface area contributed by atoms with Crippen molar-refractivity contribution in [2.45, 2.75) is 18.9 Å². The largest absolute Gasteiger partial charge is 0.491 e. The highest BCUT2D eigenvalue weighted by Gasteiger charge is 2.30. The zero-order valence-electron chi connectivity index (χ0n) is 17.8. The number of aliphatic hydroxyl groups is 2. The van der Waals surface area contributed by atoms with E-state index in [4.69, 9.17) is 35.7 Å². The Bertz CT molecular complexity index is 749. The number of hydrogen-bond donors (Lipinski definition) is 3. The summed E-state index contributed by atoms with van der Waals surface area (Å²) >= 11 is 6.30. The number of carbonyl (C=O) groups is 1. The molecule has 31 heavy (non-hydrogen) atoms. The second-order valence-corrected chi connectivity index (χ2v) is 8.02. The van der Waals surface area contributed by atoms with E-state index >= 15 is 0 Å². The number of halogens is 1. The number of piperidine rings is 1. The fourth-order valence-electron chi connectivity index (χ4n) is 3.80. The minimum atomic E-state index is -0.553. The highest BCUT2D eigenvalue weighted by atomic mass is 35.5. The molecule has 3 rings (SSSR count). The van der Waals surface area contributed by atoms with Gasteiger partial charge in [-0.15, -0.1) is 0 Å². The molecule has 0 unspecified atom stereocenters. The van der Waals surface area contributed by atoms with Gasteiger partial charge < -0.3 is 34.5 Å². The van der Waals surface area contributed by atoms with Gasteiger partial charge in [0.15, 0.2) is 11.5 Å².